The molecule has 1 aromatic rings. The summed E-state index contributed by atoms with van der Waals surface area (Å²) in [6, 6.07) is 4.69. The Morgan fingerprint density at radius 1 is 1.47 bits per heavy atom. The van der Waals surface area contributed by atoms with Gasteiger partial charge in [0, 0.05) is 12.1 Å². The van der Waals surface area contributed by atoms with Gasteiger partial charge in [0.2, 0.25) is 0 Å². The second kappa shape index (κ2) is 4.79. The van der Waals surface area contributed by atoms with Crippen molar-refractivity contribution in [1.82, 2.24) is 4.90 Å². The van der Waals surface area contributed by atoms with E-state index in [1.807, 2.05) is 19.0 Å². The summed E-state index contributed by atoms with van der Waals surface area (Å²) >= 11 is 0. The van der Waals surface area contributed by atoms with Gasteiger partial charge < -0.3 is 14.7 Å². The first-order valence-corrected chi connectivity index (χ1v) is 4.59. The number of hydrogen-bond donors (Lipinski definition) is 1. The van der Waals surface area contributed by atoms with Gasteiger partial charge in [0.15, 0.2) is 0 Å². The second-order valence-corrected chi connectivity index (χ2v) is 3.57. The molecule has 0 aliphatic rings. The Kier molecular flexibility index (Phi) is 3.68. The predicted molar refractivity (Wildman–Crippen MR) is 56.8 cm³/mol. The summed E-state index contributed by atoms with van der Waals surface area (Å²) in [7, 11) is 5.12. The molecule has 15 heavy (non-hydrogen) atoms. The van der Waals surface area contributed by atoms with E-state index < -0.39 is 5.97 Å². The van der Waals surface area contributed by atoms with Crippen molar-refractivity contribution in [2.24, 2.45) is 0 Å². The van der Waals surface area contributed by atoms with E-state index in [2.05, 4.69) is 4.74 Å². The maximum atomic E-state index is 11.2. The maximum Gasteiger partial charge on any atom is 0.337 e. The highest BCUT2D eigenvalue weighted by molar-refractivity contribution is 5.89. The zero-order valence-electron chi connectivity index (χ0n) is 9.15. The van der Waals surface area contributed by atoms with Crippen molar-refractivity contribution in [3.63, 3.8) is 0 Å². The zero-order chi connectivity index (χ0) is 11.4. The molecule has 4 nitrogen and oxygen atoms in total. The summed E-state index contributed by atoms with van der Waals surface area (Å²) in [4.78, 5) is 13.2. The van der Waals surface area contributed by atoms with Crippen molar-refractivity contribution in [3.05, 3.63) is 29.3 Å². The summed E-state index contributed by atoms with van der Waals surface area (Å²) in [5, 5.41) is 9.56. The molecular formula is C11H15NO3. The van der Waals surface area contributed by atoms with Gasteiger partial charge in [-0.25, -0.2) is 4.79 Å². The summed E-state index contributed by atoms with van der Waals surface area (Å²) in [6.45, 7) is 0.580. The number of nitrogens with zero attached hydrogens (tertiary/aromatic N) is 1. The minimum atomic E-state index is -0.394. The maximum absolute atomic E-state index is 11.2. The van der Waals surface area contributed by atoms with Crippen LogP contribution in [0.1, 0.15) is 15.9 Å². The van der Waals surface area contributed by atoms with Crippen LogP contribution in [0.5, 0.6) is 5.75 Å². The highest BCUT2D eigenvalue weighted by Crippen LogP contribution is 2.19. The number of phenols is 1. The number of rotatable bonds is 3. The van der Waals surface area contributed by atoms with Crippen LogP contribution in [0.2, 0.25) is 0 Å². The van der Waals surface area contributed by atoms with Gasteiger partial charge in [0.25, 0.3) is 0 Å². The SMILES string of the molecule is COC(=O)c1ccc(O)c(CN(C)C)c1. The molecule has 0 radical (unpaired) electrons. The molecule has 0 bridgehead atoms. The molecule has 0 unspecified atom stereocenters. The smallest absolute Gasteiger partial charge is 0.337 e. The molecule has 0 heterocycles. The van der Waals surface area contributed by atoms with Crippen LogP contribution in [0.4, 0.5) is 0 Å². The molecule has 1 N–H and O–H groups in total. The molecule has 0 saturated heterocycles. The number of ether oxygens (including phenoxy) is 1. The molecule has 82 valence electrons. The molecule has 0 aromatic heterocycles. The van der Waals surface area contributed by atoms with Crippen LogP contribution in [-0.4, -0.2) is 37.2 Å². The number of phenolic OH excluding ortho intramolecular Hbond substituents is 1. The van der Waals surface area contributed by atoms with Crippen LogP contribution in [0.3, 0.4) is 0 Å². The monoisotopic (exact) mass is 209 g/mol. The van der Waals surface area contributed by atoms with Gasteiger partial charge in [-0.1, -0.05) is 0 Å². The molecule has 0 aliphatic carbocycles. The van der Waals surface area contributed by atoms with Crippen molar-refractivity contribution in [2.45, 2.75) is 6.54 Å². The standard InChI is InChI=1S/C11H15NO3/c1-12(2)7-9-6-8(11(14)15-3)4-5-10(9)13/h4-6,13H,7H2,1-3H3. The number of hydrogen-bond acceptors (Lipinski definition) is 4. The van der Waals surface area contributed by atoms with E-state index in [9.17, 15) is 9.90 Å². The molecule has 4 heteroatoms. The minimum absolute atomic E-state index is 0.191. The van der Waals surface area contributed by atoms with E-state index in [0.717, 1.165) is 0 Å². The largest absolute Gasteiger partial charge is 0.508 e. The quantitative estimate of drug-likeness (QED) is 0.761. The van der Waals surface area contributed by atoms with Crippen molar-refractivity contribution in [1.29, 1.82) is 0 Å². The van der Waals surface area contributed by atoms with Crippen LogP contribution in [0, 0.1) is 0 Å². The summed E-state index contributed by atoms with van der Waals surface area (Å²) in [6.07, 6.45) is 0. The second-order valence-electron chi connectivity index (χ2n) is 3.57. The number of benzene rings is 1. The summed E-state index contributed by atoms with van der Waals surface area (Å²) < 4.78 is 4.60. The Bertz CT molecular complexity index is 361. The van der Waals surface area contributed by atoms with Gasteiger partial charge in [-0.05, 0) is 32.3 Å². The topological polar surface area (TPSA) is 49.8 Å². The average Bonchev–Trinajstić information content (AvgIpc) is 2.19. The van der Waals surface area contributed by atoms with Crippen molar-refractivity contribution in [2.75, 3.05) is 21.2 Å². The minimum Gasteiger partial charge on any atom is -0.508 e. The lowest BCUT2D eigenvalue weighted by Gasteiger charge is -2.11. The Balaban J connectivity index is 2.99. The highest BCUT2D eigenvalue weighted by atomic mass is 16.5. The van der Waals surface area contributed by atoms with Crippen molar-refractivity contribution in [3.8, 4) is 5.75 Å². The summed E-state index contributed by atoms with van der Waals surface area (Å²) in [5.74, 6) is -0.202. The predicted octanol–water partition coefficient (Wildman–Crippen LogP) is 1.24. The average molecular weight is 209 g/mol. The Hall–Kier alpha value is -1.55. The van der Waals surface area contributed by atoms with Crippen molar-refractivity contribution < 1.29 is 14.6 Å². The van der Waals surface area contributed by atoms with Crippen LogP contribution in [-0.2, 0) is 11.3 Å². The first-order chi connectivity index (χ1) is 7.04. The third kappa shape index (κ3) is 2.95. The normalized spacial score (nSPS) is 10.4. The van der Waals surface area contributed by atoms with Crippen LogP contribution in [0.25, 0.3) is 0 Å². The number of aromatic hydroxyl groups is 1. The molecule has 0 aliphatic heterocycles. The van der Waals surface area contributed by atoms with Crippen LogP contribution >= 0.6 is 0 Å². The Morgan fingerprint density at radius 2 is 2.13 bits per heavy atom. The van der Waals surface area contributed by atoms with E-state index in [1.165, 1.54) is 13.2 Å². The lowest BCUT2D eigenvalue weighted by Crippen LogP contribution is -2.11. The molecule has 0 saturated carbocycles. The van der Waals surface area contributed by atoms with Gasteiger partial charge in [0.05, 0.1) is 12.7 Å². The Labute approximate surface area is 89.1 Å². The Morgan fingerprint density at radius 3 is 2.67 bits per heavy atom. The third-order valence-corrected chi connectivity index (χ3v) is 1.99. The molecule has 0 fully saturated rings. The lowest BCUT2D eigenvalue weighted by molar-refractivity contribution is 0.0600. The number of esters is 1. The molecule has 1 aromatic carbocycles. The van der Waals surface area contributed by atoms with E-state index in [1.54, 1.807) is 12.1 Å². The molecule has 0 amide bonds. The van der Waals surface area contributed by atoms with E-state index >= 15 is 0 Å². The first-order valence-electron chi connectivity index (χ1n) is 4.59. The van der Waals surface area contributed by atoms with Crippen molar-refractivity contribution >= 4 is 5.97 Å². The number of carbonyl (C=O) groups is 1. The summed E-state index contributed by atoms with van der Waals surface area (Å²) in [5.41, 5.74) is 1.16. The number of methoxy groups -OCH3 is 1. The fourth-order valence-corrected chi connectivity index (χ4v) is 1.30. The van der Waals surface area contributed by atoms with Crippen LogP contribution < -0.4 is 0 Å². The van der Waals surface area contributed by atoms with Gasteiger partial charge >= 0.3 is 5.97 Å². The zero-order valence-corrected chi connectivity index (χ0v) is 9.15. The first kappa shape index (κ1) is 11.5. The third-order valence-electron chi connectivity index (χ3n) is 1.99. The fraction of sp³-hybridized carbons (Fsp3) is 0.364. The molecule has 0 atom stereocenters. The molecule has 1 rings (SSSR count). The molecule has 0 spiro atoms. The van der Waals surface area contributed by atoms with E-state index in [0.29, 0.717) is 17.7 Å². The highest BCUT2D eigenvalue weighted by Gasteiger charge is 2.09. The fourth-order valence-electron chi connectivity index (χ4n) is 1.30. The van der Waals surface area contributed by atoms with E-state index in [4.69, 9.17) is 0 Å². The lowest BCUT2D eigenvalue weighted by atomic mass is 10.1. The number of carbonyl (C=O) groups excluding carboxylic acids is 1. The van der Waals surface area contributed by atoms with Gasteiger partial charge in [-0.3, -0.25) is 0 Å². The van der Waals surface area contributed by atoms with Gasteiger partial charge in [0.1, 0.15) is 5.75 Å². The molecular weight excluding hydrogens is 194 g/mol. The van der Waals surface area contributed by atoms with Gasteiger partial charge in [-0.15, -0.1) is 0 Å². The van der Waals surface area contributed by atoms with E-state index in [-0.39, 0.29) is 5.75 Å². The van der Waals surface area contributed by atoms with Crippen LogP contribution in [0.15, 0.2) is 18.2 Å². The van der Waals surface area contributed by atoms with Gasteiger partial charge in [-0.2, -0.15) is 0 Å².